The van der Waals surface area contributed by atoms with Crippen LogP contribution >= 0.6 is 0 Å². The van der Waals surface area contributed by atoms with E-state index in [9.17, 15) is 5.26 Å². The van der Waals surface area contributed by atoms with Crippen LogP contribution in [0, 0.1) is 17.2 Å². The Kier molecular flexibility index (Phi) is 5.42. The van der Waals surface area contributed by atoms with E-state index in [4.69, 9.17) is 23.9 Å². The van der Waals surface area contributed by atoms with E-state index in [1.54, 1.807) is 24.2 Å². The Hall–Kier alpha value is -3.20. The zero-order valence-corrected chi connectivity index (χ0v) is 18.2. The molecule has 0 aliphatic carbocycles. The maximum atomic E-state index is 9.67. The number of ether oxygens (including phenoxy) is 4. The van der Waals surface area contributed by atoms with E-state index in [1.807, 2.05) is 17.6 Å². The summed E-state index contributed by atoms with van der Waals surface area (Å²) in [5, 5.41) is 18.1. The van der Waals surface area contributed by atoms with E-state index in [0.717, 1.165) is 5.39 Å². The number of anilines is 2. The Morgan fingerprint density at radius 3 is 2.84 bits per heavy atom. The van der Waals surface area contributed by atoms with E-state index in [-0.39, 0.29) is 30.9 Å². The molecule has 11 heteroatoms. The summed E-state index contributed by atoms with van der Waals surface area (Å²) < 4.78 is 25.8. The second-order valence-electron chi connectivity index (χ2n) is 8.19. The number of nitrogens with zero attached hydrogens (tertiary/aromatic N) is 6. The summed E-state index contributed by atoms with van der Waals surface area (Å²) in [7, 11) is 1.60. The van der Waals surface area contributed by atoms with Crippen molar-refractivity contribution in [2.75, 3.05) is 32.2 Å². The Balaban J connectivity index is 1.48. The minimum absolute atomic E-state index is 0.00586. The van der Waals surface area contributed by atoms with Gasteiger partial charge in [0.05, 0.1) is 38.2 Å². The molecule has 4 atom stereocenters. The zero-order chi connectivity index (χ0) is 22.2. The van der Waals surface area contributed by atoms with Gasteiger partial charge in [0.15, 0.2) is 0 Å². The monoisotopic (exact) mass is 439 g/mol. The van der Waals surface area contributed by atoms with Gasteiger partial charge < -0.3 is 28.8 Å². The van der Waals surface area contributed by atoms with Crippen molar-refractivity contribution in [3.8, 4) is 11.9 Å². The molecule has 0 aromatic carbocycles. The molecule has 0 spiro atoms. The minimum atomic E-state index is -0.0656. The smallest absolute Gasteiger partial charge is 0.257 e. The molecule has 1 N–H and O–H groups in total. The second kappa shape index (κ2) is 8.38. The van der Waals surface area contributed by atoms with E-state index in [1.165, 1.54) is 0 Å². The van der Waals surface area contributed by atoms with Crippen molar-refractivity contribution < 1.29 is 18.9 Å². The highest BCUT2D eigenvalue weighted by molar-refractivity contribution is 5.79. The molecule has 0 unspecified atom stereocenters. The zero-order valence-electron chi connectivity index (χ0n) is 18.2. The molecule has 5 heterocycles. The second-order valence-corrected chi connectivity index (χ2v) is 8.19. The van der Waals surface area contributed by atoms with E-state index in [0.29, 0.717) is 48.7 Å². The molecule has 11 nitrogen and oxygen atoms in total. The SMILES string of the molecule is COCn1cc(Nc2ncc3cc(C#N)n([C@H]4COC[C@@H]4C)c3n2)c(O[C@H]2CO[C@@H]2C)n1. The third-order valence-corrected chi connectivity index (χ3v) is 5.89. The molecule has 168 valence electrons. The highest BCUT2D eigenvalue weighted by atomic mass is 16.6. The van der Waals surface area contributed by atoms with Crippen molar-refractivity contribution in [2.45, 2.75) is 38.8 Å². The topological polar surface area (TPSA) is 121 Å². The first kappa shape index (κ1) is 20.7. The molecule has 2 aliphatic heterocycles. The molecule has 2 aliphatic rings. The molecule has 5 rings (SSSR count). The van der Waals surface area contributed by atoms with Gasteiger partial charge in [0.1, 0.15) is 35.9 Å². The number of nitrogens with one attached hydrogen (secondary N) is 1. The third kappa shape index (κ3) is 3.66. The Bertz CT molecular complexity index is 1170. The van der Waals surface area contributed by atoms with Crippen molar-refractivity contribution in [3.05, 3.63) is 24.2 Å². The third-order valence-electron chi connectivity index (χ3n) is 5.89. The fraction of sp³-hybridized carbons (Fsp3) is 0.524. The highest BCUT2D eigenvalue weighted by Gasteiger charge is 2.32. The van der Waals surface area contributed by atoms with Crippen LogP contribution in [0.3, 0.4) is 0 Å². The summed E-state index contributed by atoms with van der Waals surface area (Å²) in [6, 6.07) is 4.14. The van der Waals surface area contributed by atoms with Gasteiger partial charge in [-0.2, -0.15) is 10.2 Å². The maximum absolute atomic E-state index is 9.67. The molecule has 3 aromatic rings. The van der Waals surface area contributed by atoms with Gasteiger partial charge in [0.2, 0.25) is 5.95 Å². The lowest BCUT2D eigenvalue weighted by Gasteiger charge is -2.33. The number of methoxy groups -OCH3 is 1. The van der Waals surface area contributed by atoms with Gasteiger partial charge in [-0.05, 0) is 13.0 Å². The van der Waals surface area contributed by atoms with Crippen LogP contribution in [0.2, 0.25) is 0 Å². The molecular formula is C21H25N7O4. The molecular weight excluding hydrogens is 414 g/mol. The van der Waals surface area contributed by atoms with Crippen molar-refractivity contribution >= 4 is 22.7 Å². The summed E-state index contributed by atoms with van der Waals surface area (Å²) >= 11 is 0. The predicted octanol–water partition coefficient (Wildman–Crippen LogP) is 2.22. The van der Waals surface area contributed by atoms with Crippen molar-refractivity contribution in [1.29, 1.82) is 5.26 Å². The van der Waals surface area contributed by atoms with Crippen molar-refractivity contribution in [1.82, 2.24) is 24.3 Å². The average Bonchev–Trinajstić information content (AvgIpc) is 3.47. The first-order valence-electron chi connectivity index (χ1n) is 10.5. The van der Waals surface area contributed by atoms with Crippen LogP contribution in [0.15, 0.2) is 18.5 Å². The molecule has 2 saturated heterocycles. The number of hydrogen-bond donors (Lipinski definition) is 1. The summed E-state index contributed by atoms with van der Waals surface area (Å²) in [6.45, 7) is 6.09. The highest BCUT2D eigenvalue weighted by Crippen LogP contribution is 2.33. The Morgan fingerprint density at radius 1 is 1.31 bits per heavy atom. The lowest BCUT2D eigenvalue weighted by molar-refractivity contribution is -0.140. The van der Waals surface area contributed by atoms with E-state index in [2.05, 4.69) is 28.4 Å². The number of rotatable bonds is 7. The average molecular weight is 439 g/mol. The maximum Gasteiger partial charge on any atom is 0.257 e. The summed E-state index contributed by atoms with van der Waals surface area (Å²) in [6.07, 6.45) is 3.43. The molecule has 0 radical (unpaired) electrons. The van der Waals surface area contributed by atoms with Gasteiger partial charge in [-0.1, -0.05) is 6.92 Å². The van der Waals surface area contributed by atoms with Gasteiger partial charge in [-0.15, -0.1) is 5.10 Å². The van der Waals surface area contributed by atoms with Crippen molar-refractivity contribution in [3.63, 3.8) is 0 Å². The van der Waals surface area contributed by atoms with Gasteiger partial charge in [0.25, 0.3) is 5.88 Å². The van der Waals surface area contributed by atoms with Crippen LogP contribution in [-0.2, 0) is 20.9 Å². The van der Waals surface area contributed by atoms with Crippen molar-refractivity contribution in [2.24, 2.45) is 5.92 Å². The van der Waals surface area contributed by atoms with E-state index < -0.39 is 0 Å². The van der Waals surface area contributed by atoms with E-state index >= 15 is 0 Å². The number of hydrogen-bond acceptors (Lipinski definition) is 9. The molecule has 3 aromatic heterocycles. The van der Waals surface area contributed by atoms with Crippen LogP contribution in [0.5, 0.6) is 5.88 Å². The van der Waals surface area contributed by atoms with Gasteiger partial charge in [0, 0.05) is 24.6 Å². The van der Waals surface area contributed by atoms with Gasteiger partial charge in [-0.25, -0.2) is 9.67 Å². The van der Waals surface area contributed by atoms with Crippen LogP contribution in [0.1, 0.15) is 25.6 Å². The fourth-order valence-corrected chi connectivity index (χ4v) is 4.00. The number of nitriles is 1. The quantitative estimate of drug-likeness (QED) is 0.590. The number of fused-ring (bicyclic) bond motifs is 1. The van der Waals surface area contributed by atoms with Crippen LogP contribution in [-0.4, -0.2) is 63.5 Å². The molecule has 32 heavy (non-hydrogen) atoms. The largest absolute Gasteiger partial charge is 0.467 e. The minimum Gasteiger partial charge on any atom is -0.467 e. The first-order chi connectivity index (χ1) is 15.6. The molecule has 2 fully saturated rings. The fourth-order valence-electron chi connectivity index (χ4n) is 4.00. The van der Waals surface area contributed by atoms with Crippen LogP contribution in [0.4, 0.5) is 11.6 Å². The normalized spacial score (nSPS) is 24.9. The van der Waals surface area contributed by atoms with Crippen LogP contribution < -0.4 is 10.1 Å². The number of aromatic nitrogens is 5. The standard InChI is InChI=1S/C21H25N7O4/c1-12-8-30-9-17(12)28-15(5-22)4-14-6-23-21(25-19(14)28)24-16-7-27(11-29-3)26-20(16)32-18-10-31-13(18)2/h4,6-7,12-13,17-18H,8-11H2,1-3H3,(H,23,24,25)/t12-,13+,17-,18-/m0/s1. The first-order valence-corrected chi connectivity index (χ1v) is 10.5. The Morgan fingerprint density at radius 2 is 2.19 bits per heavy atom. The van der Waals surface area contributed by atoms with Gasteiger partial charge in [-0.3, -0.25) is 0 Å². The summed E-state index contributed by atoms with van der Waals surface area (Å²) in [5.74, 6) is 1.09. The molecule has 0 amide bonds. The van der Waals surface area contributed by atoms with Crippen LogP contribution in [0.25, 0.3) is 11.0 Å². The summed E-state index contributed by atoms with van der Waals surface area (Å²) in [4.78, 5) is 9.16. The Labute approximate surface area is 184 Å². The summed E-state index contributed by atoms with van der Waals surface area (Å²) in [5.41, 5.74) is 1.86. The lowest BCUT2D eigenvalue weighted by Crippen LogP contribution is -2.46. The molecule has 0 saturated carbocycles. The molecule has 0 bridgehead atoms. The van der Waals surface area contributed by atoms with Gasteiger partial charge >= 0.3 is 0 Å². The predicted molar refractivity (Wildman–Crippen MR) is 114 cm³/mol. The lowest BCUT2D eigenvalue weighted by atomic mass is 10.1.